The standard InChI is InChI=1S/C15H17NO3/c17-15(12-5-10-4-11(10)6-12)16-7-9-1-2-13-14(3-9)19-8-18-13/h1-3,10-12H,4-8H2,(H,16,17). The summed E-state index contributed by atoms with van der Waals surface area (Å²) in [4.78, 5) is 12.1. The second-order valence-electron chi connectivity index (χ2n) is 5.83. The number of ether oxygens (including phenoxy) is 2. The van der Waals surface area contributed by atoms with Crippen molar-refractivity contribution in [3.63, 3.8) is 0 Å². The third-order valence-electron chi connectivity index (χ3n) is 4.52. The second-order valence-corrected chi connectivity index (χ2v) is 5.83. The molecule has 4 heteroatoms. The van der Waals surface area contributed by atoms with E-state index in [1.165, 1.54) is 6.42 Å². The Morgan fingerprint density at radius 3 is 2.79 bits per heavy atom. The van der Waals surface area contributed by atoms with Gasteiger partial charge in [-0.2, -0.15) is 0 Å². The monoisotopic (exact) mass is 259 g/mol. The topological polar surface area (TPSA) is 47.6 Å². The van der Waals surface area contributed by atoms with Crippen LogP contribution in [0.25, 0.3) is 0 Å². The highest BCUT2D eigenvalue weighted by molar-refractivity contribution is 5.79. The van der Waals surface area contributed by atoms with Crippen LogP contribution >= 0.6 is 0 Å². The molecular weight excluding hydrogens is 242 g/mol. The van der Waals surface area contributed by atoms with Crippen molar-refractivity contribution in [1.82, 2.24) is 5.32 Å². The Kier molecular flexibility index (Phi) is 2.43. The van der Waals surface area contributed by atoms with E-state index in [1.807, 2.05) is 18.2 Å². The average molecular weight is 259 g/mol. The molecule has 19 heavy (non-hydrogen) atoms. The van der Waals surface area contributed by atoms with E-state index >= 15 is 0 Å². The largest absolute Gasteiger partial charge is 0.454 e. The molecule has 0 radical (unpaired) electrons. The molecule has 2 unspecified atom stereocenters. The quantitative estimate of drug-likeness (QED) is 0.904. The van der Waals surface area contributed by atoms with Crippen LogP contribution in [0.15, 0.2) is 18.2 Å². The number of carbonyl (C=O) groups excluding carboxylic acids is 1. The molecule has 1 aromatic carbocycles. The lowest BCUT2D eigenvalue weighted by Crippen LogP contribution is -2.29. The number of nitrogens with one attached hydrogen (secondary N) is 1. The van der Waals surface area contributed by atoms with E-state index in [0.717, 1.165) is 41.7 Å². The summed E-state index contributed by atoms with van der Waals surface area (Å²) in [6.07, 6.45) is 3.54. The van der Waals surface area contributed by atoms with Gasteiger partial charge in [-0.05, 0) is 48.8 Å². The summed E-state index contributed by atoms with van der Waals surface area (Å²) in [6, 6.07) is 5.81. The Bertz CT molecular complexity index is 518. The fraction of sp³-hybridized carbons (Fsp3) is 0.533. The molecule has 2 aliphatic carbocycles. The Hall–Kier alpha value is -1.71. The molecule has 1 aromatic rings. The van der Waals surface area contributed by atoms with Crippen LogP contribution in [0, 0.1) is 17.8 Å². The summed E-state index contributed by atoms with van der Waals surface area (Å²) in [5.74, 6) is 3.71. The maximum absolute atomic E-state index is 12.1. The highest BCUT2D eigenvalue weighted by Crippen LogP contribution is 2.54. The van der Waals surface area contributed by atoms with E-state index in [9.17, 15) is 4.79 Å². The first-order chi connectivity index (χ1) is 9.29. The van der Waals surface area contributed by atoms with Crippen molar-refractivity contribution in [3.8, 4) is 11.5 Å². The zero-order valence-corrected chi connectivity index (χ0v) is 10.7. The molecule has 1 N–H and O–H groups in total. The highest BCUT2D eigenvalue weighted by atomic mass is 16.7. The van der Waals surface area contributed by atoms with Crippen molar-refractivity contribution in [2.24, 2.45) is 17.8 Å². The molecule has 0 aromatic heterocycles. The van der Waals surface area contributed by atoms with Crippen LogP contribution in [0.3, 0.4) is 0 Å². The minimum absolute atomic E-state index is 0.213. The van der Waals surface area contributed by atoms with Gasteiger partial charge in [-0.25, -0.2) is 0 Å². The zero-order valence-electron chi connectivity index (χ0n) is 10.7. The Morgan fingerprint density at radius 2 is 1.95 bits per heavy atom. The maximum Gasteiger partial charge on any atom is 0.231 e. The summed E-state index contributed by atoms with van der Waals surface area (Å²) in [6.45, 7) is 0.858. The van der Waals surface area contributed by atoms with Crippen LogP contribution in [0.5, 0.6) is 11.5 Å². The molecule has 2 fully saturated rings. The molecule has 1 amide bonds. The van der Waals surface area contributed by atoms with E-state index in [-0.39, 0.29) is 18.6 Å². The van der Waals surface area contributed by atoms with Gasteiger partial charge in [0, 0.05) is 12.5 Å². The number of carbonyl (C=O) groups is 1. The van der Waals surface area contributed by atoms with E-state index in [4.69, 9.17) is 9.47 Å². The van der Waals surface area contributed by atoms with E-state index in [0.29, 0.717) is 6.54 Å². The number of hydrogen-bond acceptors (Lipinski definition) is 3. The van der Waals surface area contributed by atoms with Gasteiger partial charge in [0.15, 0.2) is 11.5 Å². The second kappa shape index (κ2) is 4.15. The minimum atomic E-state index is 0.213. The van der Waals surface area contributed by atoms with Gasteiger partial charge in [-0.1, -0.05) is 6.07 Å². The first kappa shape index (κ1) is 11.1. The van der Waals surface area contributed by atoms with Crippen LogP contribution in [0.1, 0.15) is 24.8 Å². The number of amides is 1. The molecule has 1 heterocycles. The van der Waals surface area contributed by atoms with Gasteiger partial charge < -0.3 is 14.8 Å². The fourth-order valence-electron chi connectivity index (χ4n) is 3.31. The lowest BCUT2D eigenvalue weighted by atomic mass is 10.0. The van der Waals surface area contributed by atoms with E-state index in [2.05, 4.69) is 5.32 Å². The van der Waals surface area contributed by atoms with Crippen LogP contribution in [0.4, 0.5) is 0 Å². The highest BCUT2D eigenvalue weighted by Gasteiger charge is 2.47. The first-order valence-corrected chi connectivity index (χ1v) is 6.96. The van der Waals surface area contributed by atoms with Crippen molar-refractivity contribution < 1.29 is 14.3 Å². The van der Waals surface area contributed by atoms with E-state index in [1.54, 1.807) is 0 Å². The Labute approximate surface area is 112 Å². The van der Waals surface area contributed by atoms with Gasteiger partial charge in [0.05, 0.1) is 0 Å². The van der Waals surface area contributed by atoms with Gasteiger partial charge in [-0.15, -0.1) is 0 Å². The Balaban J connectivity index is 1.35. The summed E-state index contributed by atoms with van der Waals surface area (Å²) in [5.41, 5.74) is 1.06. The number of rotatable bonds is 3. The van der Waals surface area contributed by atoms with Crippen LogP contribution < -0.4 is 14.8 Å². The number of hydrogen-bond donors (Lipinski definition) is 1. The van der Waals surface area contributed by atoms with Crippen molar-refractivity contribution in [2.75, 3.05) is 6.79 Å². The van der Waals surface area contributed by atoms with Crippen molar-refractivity contribution >= 4 is 5.91 Å². The molecular formula is C15H17NO3. The molecule has 0 bridgehead atoms. The smallest absolute Gasteiger partial charge is 0.231 e. The van der Waals surface area contributed by atoms with Crippen LogP contribution in [-0.2, 0) is 11.3 Å². The van der Waals surface area contributed by atoms with Crippen molar-refractivity contribution in [3.05, 3.63) is 23.8 Å². The fourth-order valence-corrected chi connectivity index (χ4v) is 3.31. The lowest BCUT2D eigenvalue weighted by Gasteiger charge is -2.12. The summed E-state index contributed by atoms with van der Waals surface area (Å²) in [7, 11) is 0. The third kappa shape index (κ3) is 2.05. The van der Waals surface area contributed by atoms with Crippen LogP contribution in [0.2, 0.25) is 0 Å². The van der Waals surface area contributed by atoms with Gasteiger partial charge in [0.2, 0.25) is 12.7 Å². The average Bonchev–Trinajstić information content (AvgIpc) is 2.87. The predicted molar refractivity (Wildman–Crippen MR) is 68.7 cm³/mol. The summed E-state index contributed by atoms with van der Waals surface area (Å²) < 4.78 is 10.6. The third-order valence-corrected chi connectivity index (χ3v) is 4.52. The van der Waals surface area contributed by atoms with Gasteiger partial charge in [0.1, 0.15) is 0 Å². The molecule has 2 atom stereocenters. The normalized spacial score (nSPS) is 30.0. The molecule has 2 saturated carbocycles. The number of fused-ring (bicyclic) bond motifs is 2. The SMILES string of the molecule is O=C(NCc1ccc2c(c1)OCO2)C1CC2CC2C1. The maximum atomic E-state index is 12.1. The molecule has 3 aliphatic rings. The minimum Gasteiger partial charge on any atom is -0.454 e. The molecule has 4 rings (SSSR count). The van der Waals surface area contributed by atoms with Gasteiger partial charge in [0.25, 0.3) is 0 Å². The molecule has 4 nitrogen and oxygen atoms in total. The zero-order chi connectivity index (χ0) is 12.8. The van der Waals surface area contributed by atoms with Crippen molar-refractivity contribution in [2.45, 2.75) is 25.8 Å². The van der Waals surface area contributed by atoms with E-state index < -0.39 is 0 Å². The van der Waals surface area contributed by atoms with Crippen molar-refractivity contribution in [1.29, 1.82) is 0 Å². The van der Waals surface area contributed by atoms with Crippen LogP contribution in [-0.4, -0.2) is 12.7 Å². The lowest BCUT2D eigenvalue weighted by molar-refractivity contribution is -0.125. The molecule has 0 spiro atoms. The van der Waals surface area contributed by atoms with Gasteiger partial charge in [-0.3, -0.25) is 4.79 Å². The Morgan fingerprint density at radius 1 is 1.16 bits per heavy atom. The molecule has 1 aliphatic heterocycles. The molecule has 100 valence electrons. The molecule has 0 saturated heterocycles. The summed E-state index contributed by atoms with van der Waals surface area (Å²) in [5, 5.41) is 3.04. The first-order valence-electron chi connectivity index (χ1n) is 6.96. The van der Waals surface area contributed by atoms with Gasteiger partial charge >= 0.3 is 0 Å². The summed E-state index contributed by atoms with van der Waals surface area (Å²) >= 11 is 0. The number of benzene rings is 1. The predicted octanol–water partition coefficient (Wildman–Crippen LogP) is 2.08.